The summed E-state index contributed by atoms with van der Waals surface area (Å²) in [7, 11) is 0. The van der Waals surface area contributed by atoms with Crippen LogP contribution in [0.4, 0.5) is 17.6 Å². The average molecular weight is 409 g/mol. The summed E-state index contributed by atoms with van der Waals surface area (Å²) in [5.74, 6) is -3.23. The standard InChI is InChI=1S/C22H23F4NO2/c1-11-7-14(5-6-18(11)23)19(13-3-4-13)20-16(10-28)8-15(9-17(20)21(27)29)12(2)22(24,25)26/h5-9,12-13,19,28H,3-4,10H2,1-2H3,(H2,27,29)/t12?,19-/m0/s1. The Hall–Kier alpha value is -2.41. The molecule has 0 heterocycles. The lowest BCUT2D eigenvalue weighted by Gasteiger charge is -2.26. The molecule has 1 aliphatic rings. The highest BCUT2D eigenvalue weighted by Crippen LogP contribution is 2.49. The van der Waals surface area contributed by atoms with E-state index in [1.54, 1.807) is 19.1 Å². The van der Waals surface area contributed by atoms with Crippen molar-refractivity contribution >= 4 is 5.91 Å². The van der Waals surface area contributed by atoms with E-state index in [1.807, 2.05) is 0 Å². The van der Waals surface area contributed by atoms with Crippen LogP contribution in [-0.2, 0) is 6.61 Å². The van der Waals surface area contributed by atoms with Gasteiger partial charge in [0, 0.05) is 11.5 Å². The van der Waals surface area contributed by atoms with Crippen molar-refractivity contribution in [2.24, 2.45) is 11.7 Å². The number of primary amides is 1. The molecule has 0 radical (unpaired) electrons. The summed E-state index contributed by atoms with van der Waals surface area (Å²) in [6.45, 7) is 2.10. The number of amides is 1. The van der Waals surface area contributed by atoms with Crippen molar-refractivity contribution in [1.82, 2.24) is 0 Å². The van der Waals surface area contributed by atoms with Crippen LogP contribution in [0.25, 0.3) is 0 Å². The van der Waals surface area contributed by atoms with E-state index in [9.17, 15) is 27.5 Å². The van der Waals surface area contributed by atoms with Gasteiger partial charge in [-0.1, -0.05) is 18.2 Å². The van der Waals surface area contributed by atoms with Crippen molar-refractivity contribution in [1.29, 1.82) is 0 Å². The maximum Gasteiger partial charge on any atom is 0.395 e. The molecule has 7 heteroatoms. The minimum atomic E-state index is -4.49. The number of halogens is 4. The van der Waals surface area contributed by atoms with Gasteiger partial charge in [-0.25, -0.2) is 4.39 Å². The van der Waals surface area contributed by atoms with Gasteiger partial charge >= 0.3 is 6.18 Å². The molecule has 0 bridgehead atoms. The molecule has 1 saturated carbocycles. The topological polar surface area (TPSA) is 63.3 Å². The van der Waals surface area contributed by atoms with Gasteiger partial charge in [-0.2, -0.15) is 13.2 Å². The van der Waals surface area contributed by atoms with Gasteiger partial charge in [0.25, 0.3) is 0 Å². The second-order valence-electron chi connectivity index (χ2n) is 7.75. The Morgan fingerprint density at radius 2 is 1.86 bits per heavy atom. The Labute approximate surface area is 166 Å². The Bertz CT molecular complexity index is 935. The first-order valence-electron chi connectivity index (χ1n) is 9.44. The molecular weight excluding hydrogens is 386 g/mol. The number of aryl methyl sites for hydroxylation is 1. The molecule has 1 amide bonds. The molecule has 2 atom stereocenters. The molecule has 0 aromatic heterocycles. The zero-order valence-electron chi connectivity index (χ0n) is 16.2. The molecule has 29 heavy (non-hydrogen) atoms. The molecule has 2 aromatic rings. The minimum Gasteiger partial charge on any atom is -0.392 e. The van der Waals surface area contributed by atoms with Crippen molar-refractivity contribution < 1.29 is 27.5 Å². The molecule has 3 nitrogen and oxygen atoms in total. The Morgan fingerprint density at radius 1 is 1.21 bits per heavy atom. The fourth-order valence-corrected chi connectivity index (χ4v) is 3.84. The number of carbonyl (C=O) groups excluding carboxylic acids is 1. The highest BCUT2D eigenvalue weighted by molar-refractivity contribution is 5.95. The van der Waals surface area contributed by atoms with Crippen LogP contribution in [0.1, 0.15) is 69.8 Å². The van der Waals surface area contributed by atoms with E-state index >= 15 is 0 Å². The van der Waals surface area contributed by atoms with Crippen LogP contribution in [0.5, 0.6) is 0 Å². The number of benzene rings is 2. The number of rotatable bonds is 6. The first-order valence-corrected chi connectivity index (χ1v) is 9.44. The number of aliphatic hydroxyl groups excluding tert-OH is 1. The molecule has 0 aliphatic heterocycles. The summed E-state index contributed by atoms with van der Waals surface area (Å²) in [6.07, 6.45) is -2.76. The first kappa shape index (κ1) is 21.3. The Kier molecular flexibility index (Phi) is 5.72. The summed E-state index contributed by atoms with van der Waals surface area (Å²) >= 11 is 0. The van der Waals surface area contributed by atoms with Gasteiger partial charge < -0.3 is 10.8 Å². The smallest absolute Gasteiger partial charge is 0.392 e. The molecule has 0 saturated heterocycles. The maximum absolute atomic E-state index is 13.8. The molecular formula is C22H23F4NO2. The zero-order chi connectivity index (χ0) is 21.5. The van der Waals surface area contributed by atoms with Crippen molar-refractivity contribution in [3.8, 4) is 0 Å². The van der Waals surface area contributed by atoms with Gasteiger partial charge in [0.15, 0.2) is 0 Å². The van der Waals surface area contributed by atoms with Crippen LogP contribution in [0.15, 0.2) is 30.3 Å². The van der Waals surface area contributed by atoms with Gasteiger partial charge in [0.1, 0.15) is 5.82 Å². The van der Waals surface area contributed by atoms with Gasteiger partial charge in [-0.15, -0.1) is 0 Å². The third-order valence-electron chi connectivity index (χ3n) is 5.66. The SMILES string of the molecule is Cc1cc([C@@H](c2c(CO)cc(C(C)C(F)(F)F)cc2C(N)=O)C2CC2)ccc1F. The third-order valence-corrected chi connectivity index (χ3v) is 5.66. The van der Waals surface area contributed by atoms with Crippen LogP contribution < -0.4 is 5.73 Å². The van der Waals surface area contributed by atoms with Crippen molar-refractivity contribution in [2.45, 2.75) is 51.3 Å². The number of hydrogen-bond acceptors (Lipinski definition) is 2. The molecule has 3 N–H and O–H groups in total. The first-order chi connectivity index (χ1) is 13.5. The van der Waals surface area contributed by atoms with Gasteiger partial charge in [-0.05, 0) is 72.6 Å². The lowest BCUT2D eigenvalue weighted by Crippen LogP contribution is -2.23. The van der Waals surface area contributed by atoms with Gasteiger partial charge in [0.2, 0.25) is 5.91 Å². The third kappa shape index (κ3) is 4.29. The van der Waals surface area contributed by atoms with Gasteiger partial charge in [0.05, 0.1) is 12.5 Å². The fraction of sp³-hybridized carbons (Fsp3) is 0.409. The zero-order valence-corrected chi connectivity index (χ0v) is 16.2. The predicted octanol–water partition coefficient (Wildman–Crippen LogP) is 4.93. The lowest BCUT2D eigenvalue weighted by atomic mass is 9.79. The maximum atomic E-state index is 13.8. The van der Waals surface area contributed by atoms with Crippen molar-refractivity contribution in [2.75, 3.05) is 0 Å². The van der Waals surface area contributed by atoms with Crippen LogP contribution in [0.2, 0.25) is 0 Å². The van der Waals surface area contributed by atoms with E-state index in [4.69, 9.17) is 5.73 Å². The fourth-order valence-electron chi connectivity index (χ4n) is 3.84. The Morgan fingerprint density at radius 3 is 2.34 bits per heavy atom. The molecule has 1 aliphatic carbocycles. The average Bonchev–Trinajstić information content (AvgIpc) is 3.48. The largest absolute Gasteiger partial charge is 0.395 e. The van der Waals surface area contributed by atoms with E-state index in [1.165, 1.54) is 18.2 Å². The minimum absolute atomic E-state index is 0.0264. The number of nitrogens with two attached hydrogens (primary N) is 1. The molecule has 1 unspecified atom stereocenters. The van der Waals surface area contributed by atoms with E-state index in [0.29, 0.717) is 11.1 Å². The summed E-state index contributed by atoms with van der Waals surface area (Å²) in [5.41, 5.74) is 7.26. The highest BCUT2D eigenvalue weighted by atomic mass is 19.4. The van der Waals surface area contributed by atoms with Crippen molar-refractivity contribution in [3.05, 3.63) is 69.5 Å². The molecule has 3 rings (SSSR count). The van der Waals surface area contributed by atoms with Crippen molar-refractivity contribution in [3.63, 3.8) is 0 Å². The van der Waals surface area contributed by atoms with Gasteiger partial charge in [-0.3, -0.25) is 4.79 Å². The molecule has 2 aromatic carbocycles. The summed E-state index contributed by atoms with van der Waals surface area (Å²) in [4.78, 5) is 12.2. The van der Waals surface area contributed by atoms with E-state index in [0.717, 1.165) is 25.3 Å². The highest BCUT2D eigenvalue weighted by Gasteiger charge is 2.40. The Balaban J connectivity index is 2.22. The molecule has 1 fully saturated rings. The second kappa shape index (κ2) is 7.78. The van der Waals surface area contributed by atoms with Crippen LogP contribution in [0.3, 0.4) is 0 Å². The van der Waals surface area contributed by atoms with E-state index in [2.05, 4.69) is 0 Å². The molecule has 156 valence electrons. The number of carbonyl (C=O) groups is 1. The number of alkyl halides is 3. The van der Waals surface area contributed by atoms with E-state index < -0.39 is 24.6 Å². The van der Waals surface area contributed by atoms with Crippen LogP contribution in [0, 0.1) is 18.7 Å². The normalized spacial score (nSPS) is 16.5. The number of hydrogen-bond donors (Lipinski definition) is 2. The summed E-state index contributed by atoms with van der Waals surface area (Å²) < 4.78 is 53.5. The summed E-state index contributed by atoms with van der Waals surface area (Å²) in [5, 5.41) is 9.94. The second-order valence-corrected chi connectivity index (χ2v) is 7.75. The molecule has 0 spiro atoms. The monoisotopic (exact) mass is 409 g/mol. The predicted molar refractivity (Wildman–Crippen MR) is 101 cm³/mol. The van der Waals surface area contributed by atoms with Crippen LogP contribution >= 0.6 is 0 Å². The lowest BCUT2D eigenvalue weighted by molar-refractivity contribution is -0.146. The summed E-state index contributed by atoms with van der Waals surface area (Å²) in [6, 6.07) is 7.11. The number of aliphatic hydroxyl groups is 1. The van der Waals surface area contributed by atoms with E-state index in [-0.39, 0.29) is 34.3 Å². The van der Waals surface area contributed by atoms with Crippen LogP contribution in [-0.4, -0.2) is 17.2 Å². The quantitative estimate of drug-likeness (QED) is 0.665.